The van der Waals surface area contributed by atoms with Crippen LogP contribution in [0.15, 0.2) is 66.7 Å². The van der Waals surface area contributed by atoms with Crippen molar-refractivity contribution in [2.75, 3.05) is 26.2 Å². The minimum atomic E-state index is -0.376. The predicted molar refractivity (Wildman–Crippen MR) is 149 cm³/mol. The first-order valence-electron chi connectivity index (χ1n) is 12.8. The molecular formula is C31H31NO4S. The number of esters is 1. The molecule has 3 aromatic carbocycles. The van der Waals surface area contributed by atoms with Crippen molar-refractivity contribution in [1.29, 1.82) is 0 Å². The second-order valence-electron chi connectivity index (χ2n) is 9.53. The number of piperidine rings is 1. The molecule has 0 bridgehead atoms. The number of thiophene rings is 1. The van der Waals surface area contributed by atoms with Crippen molar-refractivity contribution in [3.63, 3.8) is 0 Å². The Bertz CT molecular complexity index is 1420. The van der Waals surface area contributed by atoms with Crippen LogP contribution in [0.2, 0.25) is 0 Å². The van der Waals surface area contributed by atoms with Crippen LogP contribution in [0, 0.1) is 6.92 Å². The second kappa shape index (κ2) is 11.3. The summed E-state index contributed by atoms with van der Waals surface area (Å²) in [7, 11) is 0. The lowest BCUT2D eigenvalue weighted by Crippen LogP contribution is -2.33. The van der Waals surface area contributed by atoms with Crippen molar-refractivity contribution >= 4 is 33.2 Å². The number of aryl methyl sites for hydroxylation is 1. The molecule has 6 heteroatoms. The molecule has 0 unspecified atom stereocenters. The zero-order valence-electron chi connectivity index (χ0n) is 21.3. The van der Waals surface area contributed by atoms with Crippen LogP contribution < -0.4 is 9.47 Å². The quantitative estimate of drug-likeness (QED) is 0.146. The third-order valence-electron chi connectivity index (χ3n) is 6.67. The number of rotatable bonds is 8. The van der Waals surface area contributed by atoms with Gasteiger partial charge in [-0.3, -0.25) is 14.5 Å². The van der Waals surface area contributed by atoms with E-state index >= 15 is 0 Å². The summed E-state index contributed by atoms with van der Waals surface area (Å²) in [5.41, 5.74) is 3.26. The number of ether oxygens (including phenoxy) is 2. The smallest absolute Gasteiger partial charge is 0.308 e. The topological polar surface area (TPSA) is 55.8 Å². The summed E-state index contributed by atoms with van der Waals surface area (Å²) < 4.78 is 12.3. The highest BCUT2D eigenvalue weighted by Gasteiger charge is 2.22. The third-order valence-corrected chi connectivity index (χ3v) is 7.87. The highest BCUT2D eigenvalue weighted by Crippen LogP contribution is 2.41. The number of ketones is 1. The zero-order chi connectivity index (χ0) is 25.8. The van der Waals surface area contributed by atoms with E-state index in [9.17, 15) is 9.59 Å². The first kappa shape index (κ1) is 25.2. The van der Waals surface area contributed by atoms with Crippen LogP contribution >= 0.6 is 11.3 Å². The SMILES string of the molecule is CC(=O)Oc1cccc(-c2sc3cc(C)ccc3c2C(=O)c2ccc(OCCN3CCCCC3)cc2)c1. The number of likely N-dealkylation sites (tertiary alicyclic amines) is 1. The van der Waals surface area contributed by atoms with Gasteiger partial charge in [-0.05, 0) is 86.4 Å². The van der Waals surface area contributed by atoms with Gasteiger partial charge in [0, 0.05) is 39.6 Å². The van der Waals surface area contributed by atoms with Crippen LogP contribution in [0.25, 0.3) is 20.5 Å². The molecule has 0 spiro atoms. The molecule has 1 aliphatic heterocycles. The van der Waals surface area contributed by atoms with Crippen LogP contribution in [0.1, 0.15) is 47.7 Å². The van der Waals surface area contributed by atoms with Gasteiger partial charge in [0.05, 0.1) is 0 Å². The van der Waals surface area contributed by atoms with Gasteiger partial charge in [0.1, 0.15) is 18.1 Å². The van der Waals surface area contributed by atoms with Gasteiger partial charge in [-0.15, -0.1) is 11.3 Å². The van der Waals surface area contributed by atoms with Gasteiger partial charge in [0.15, 0.2) is 5.78 Å². The molecule has 0 amide bonds. The van der Waals surface area contributed by atoms with Crippen molar-refractivity contribution in [2.45, 2.75) is 33.1 Å². The Morgan fingerprint density at radius 3 is 2.46 bits per heavy atom. The maximum absolute atomic E-state index is 13.9. The Balaban J connectivity index is 1.41. The zero-order valence-corrected chi connectivity index (χ0v) is 22.1. The van der Waals surface area contributed by atoms with E-state index in [1.54, 1.807) is 17.4 Å². The van der Waals surface area contributed by atoms with Crippen LogP contribution in [0.3, 0.4) is 0 Å². The molecule has 0 aliphatic carbocycles. The lowest BCUT2D eigenvalue weighted by Gasteiger charge is -2.26. The first-order chi connectivity index (χ1) is 18.0. The van der Waals surface area contributed by atoms with Crippen molar-refractivity contribution < 1.29 is 19.1 Å². The molecule has 1 aromatic heterocycles. The molecule has 0 saturated carbocycles. The van der Waals surface area contributed by atoms with E-state index in [-0.39, 0.29) is 11.8 Å². The Hall–Kier alpha value is -3.48. The van der Waals surface area contributed by atoms with Crippen LogP contribution in [0.4, 0.5) is 0 Å². The molecule has 2 heterocycles. The molecule has 1 saturated heterocycles. The summed E-state index contributed by atoms with van der Waals surface area (Å²) in [4.78, 5) is 28.7. The number of nitrogens with zero attached hydrogens (tertiary/aromatic N) is 1. The van der Waals surface area contributed by atoms with Gasteiger partial charge in [0.2, 0.25) is 0 Å². The fraction of sp³-hybridized carbons (Fsp3) is 0.290. The van der Waals surface area contributed by atoms with E-state index in [0.29, 0.717) is 23.5 Å². The molecular weight excluding hydrogens is 482 g/mol. The largest absolute Gasteiger partial charge is 0.492 e. The van der Waals surface area contributed by atoms with Crippen LogP contribution in [0.5, 0.6) is 11.5 Å². The molecule has 0 N–H and O–H groups in total. The van der Waals surface area contributed by atoms with Gasteiger partial charge >= 0.3 is 5.97 Å². The predicted octanol–water partition coefficient (Wildman–Crippen LogP) is 6.90. The number of hydrogen-bond acceptors (Lipinski definition) is 6. The minimum absolute atomic E-state index is 0.0390. The normalized spacial score (nSPS) is 14.0. The van der Waals surface area contributed by atoms with Gasteiger partial charge in [-0.1, -0.05) is 30.7 Å². The van der Waals surface area contributed by atoms with Crippen molar-refractivity contribution in [1.82, 2.24) is 4.90 Å². The van der Waals surface area contributed by atoms with Crippen LogP contribution in [-0.4, -0.2) is 42.9 Å². The summed E-state index contributed by atoms with van der Waals surface area (Å²) in [6, 6.07) is 20.9. The maximum Gasteiger partial charge on any atom is 0.308 e. The van der Waals surface area contributed by atoms with E-state index in [4.69, 9.17) is 9.47 Å². The standard InChI is InChI=1S/C31H31NO4S/c1-21-9-14-27-28(19-21)37-31(24-7-6-8-26(20-24)36-22(2)33)29(27)30(34)23-10-12-25(13-11-23)35-18-17-32-15-4-3-5-16-32/h6-14,19-20H,3-5,15-18H2,1-2H3. The summed E-state index contributed by atoms with van der Waals surface area (Å²) in [6.07, 6.45) is 3.86. The average molecular weight is 514 g/mol. The highest BCUT2D eigenvalue weighted by atomic mass is 32.1. The molecule has 0 radical (unpaired) electrons. The second-order valence-corrected chi connectivity index (χ2v) is 10.6. The number of hydrogen-bond donors (Lipinski definition) is 0. The van der Waals surface area contributed by atoms with Crippen LogP contribution in [-0.2, 0) is 4.79 Å². The van der Waals surface area contributed by atoms with Crippen molar-refractivity contribution in [2.24, 2.45) is 0 Å². The lowest BCUT2D eigenvalue weighted by molar-refractivity contribution is -0.131. The minimum Gasteiger partial charge on any atom is -0.492 e. The monoisotopic (exact) mass is 513 g/mol. The van der Waals surface area contributed by atoms with E-state index in [2.05, 4.69) is 11.0 Å². The fourth-order valence-electron chi connectivity index (χ4n) is 4.82. The number of benzene rings is 3. The summed E-state index contributed by atoms with van der Waals surface area (Å²) in [5.74, 6) is 0.818. The molecule has 0 atom stereocenters. The van der Waals surface area contributed by atoms with E-state index < -0.39 is 0 Å². The fourth-order valence-corrected chi connectivity index (χ4v) is 6.12. The molecule has 1 aliphatic rings. The molecule has 190 valence electrons. The highest BCUT2D eigenvalue weighted by molar-refractivity contribution is 7.22. The van der Waals surface area contributed by atoms with E-state index in [1.807, 2.05) is 61.5 Å². The van der Waals surface area contributed by atoms with Crippen molar-refractivity contribution in [3.05, 3.63) is 83.4 Å². The Kier molecular flexibility index (Phi) is 7.68. The molecule has 37 heavy (non-hydrogen) atoms. The third kappa shape index (κ3) is 5.92. The number of carbonyl (C=O) groups is 2. The Labute approximate surface area is 221 Å². The maximum atomic E-state index is 13.9. The molecule has 5 rings (SSSR count). The Morgan fingerprint density at radius 2 is 1.70 bits per heavy atom. The number of fused-ring (bicyclic) bond motifs is 1. The molecule has 1 fully saturated rings. The summed E-state index contributed by atoms with van der Waals surface area (Å²) in [5, 5.41) is 0.926. The molecule has 4 aromatic rings. The van der Waals surface area contributed by atoms with Gasteiger partial charge < -0.3 is 9.47 Å². The van der Waals surface area contributed by atoms with E-state index in [0.717, 1.165) is 51.5 Å². The average Bonchev–Trinajstić information content (AvgIpc) is 3.28. The van der Waals surface area contributed by atoms with Gasteiger partial charge in [-0.25, -0.2) is 0 Å². The lowest BCUT2D eigenvalue weighted by atomic mass is 9.97. The van der Waals surface area contributed by atoms with Gasteiger partial charge in [0.25, 0.3) is 0 Å². The summed E-state index contributed by atoms with van der Waals surface area (Å²) in [6.45, 7) is 7.30. The number of carbonyl (C=O) groups excluding carboxylic acids is 2. The van der Waals surface area contributed by atoms with Crippen molar-refractivity contribution in [3.8, 4) is 21.9 Å². The van der Waals surface area contributed by atoms with E-state index in [1.165, 1.54) is 26.2 Å². The summed E-state index contributed by atoms with van der Waals surface area (Å²) >= 11 is 1.58. The Morgan fingerprint density at radius 1 is 0.919 bits per heavy atom. The molecule has 5 nitrogen and oxygen atoms in total. The van der Waals surface area contributed by atoms with Gasteiger partial charge in [-0.2, -0.15) is 0 Å². The first-order valence-corrected chi connectivity index (χ1v) is 13.6.